The molecule has 118 valence electrons. The van der Waals surface area contributed by atoms with Gasteiger partial charge in [-0.05, 0) is 38.8 Å². The molecule has 1 atom stereocenters. The van der Waals surface area contributed by atoms with Gasteiger partial charge in [0, 0.05) is 6.04 Å². The summed E-state index contributed by atoms with van der Waals surface area (Å²) in [6.45, 7) is 4.01. The Kier molecular flexibility index (Phi) is 3.45. The number of nitrogens with zero attached hydrogens (tertiary/aromatic N) is 4. The summed E-state index contributed by atoms with van der Waals surface area (Å²) >= 11 is 1.59. The Morgan fingerprint density at radius 3 is 2.87 bits per heavy atom. The van der Waals surface area contributed by atoms with Crippen LogP contribution in [0.25, 0.3) is 10.9 Å². The predicted molar refractivity (Wildman–Crippen MR) is 89.7 cm³/mol. The van der Waals surface area contributed by atoms with Crippen LogP contribution in [0.2, 0.25) is 0 Å². The molecule has 3 aromatic rings. The highest BCUT2D eigenvalue weighted by Gasteiger charge is 2.29. The van der Waals surface area contributed by atoms with Crippen molar-refractivity contribution in [2.75, 3.05) is 0 Å². The number of para-hydroxylation sites is 1. The molecule has 4 rings (SSSR count). The van der Waals surface area contributed by atoms with Crippen molar-refractivity contribution in [1.29, 1.82) is 0 Å². The first-order valence-corrected chi connectivity index (χ1v) is 8.58. The van der Waals surface area contributed by atoms with Gasteiger partial charge in [0.1, 0.15) is 11.6 Å². The topological polar surface area (TPSA) is 76.5 Å². The van der Waals surface area contributed by atoms with E-state index in [2.05, 4.69) is 24.7 Å². The van der Waals surface area contributed by atoms with Crippen molar-refractivity contribution in [2.24, 2.45) is 0 Å². The van der Waals surface area contributed by atoms with Crippen molar-refractivity contribution in [2.45, 2.75) is 43.1 Å². The quantitative estimate of drug-likeness (QED) is 0.745. The van der Waals surface area contributed by atoms with Crippen LogP contribution < -0.4 is 5.56 Å². The highest BCUT2D eigenvalue weighted by atomic mass is 32.2. The first kappa shape index (κ1) is 14.4. The maximum absolute atomic E-state index is 12.2. The molecule has 0 aliphatic heterocycles. The lowest BCUT2D eigenvalue weighted by Gasteiger charge is -2.12. The third kappa shape index (κ3) is 2.65. The monoisotopic (exact) mass is 327 g/mol. The van der Waals surface area contributed by atoms with E-state index < -0.39 is 0 Å². The lowest BCUT2D eigenvalue weighted by molar-refractivity contribution is 0.642. The summed E-state index contributed by atoms with van der Waals surface area (Å²) in [5.74, 6) is 1.61. The first-order chi connectivity index (χ1) is 11.1. The molecule has 0 radical (unpaired) electrons. The Balaban J connectivity index is 1.67. The molecule has 0 saturated heterocycles. The summed E-state index contributed by atoms with van der Waals surface area (Å²) in [6.07, 6.45) is 2.37. The molecule has 1 aromatic carbocycles. The second-order valence-corrected chi connectivity index (χ2v) is 7.17. The zero-order chi connectivity index (χ0) is 16.0. The van der Waals surface area contributed by atoms with Crippen molar-refractivity contribution in [3.63, 3.8) is 0 Å². The maximum atomic E-state index is 12.2. The SMILES string of the molecule is Cc1nnc(SC(C)c2nc3ccccc3c(=O)[nH]2)n1C1CC1. The molecule has 1 unspecified atom stereocenters. The van der Waals surface area contributed by atoms with Gasteiger partial charge in [-0.15, -0.1) is 10.2 Å². The fourth-order valence-corrected chi connectivity index (χ4v) is 3.72. The van der Waals surface area contributed by atoms with Crippen LogP contribution in [0.4, 0.5) is 0 Å². The van der Waals surface area contributed by atoms with Gasteiger partial charge in [0.2, 0.25) is 0 Å². The van der Waals surface area contributed by atoms with E-state index >= 15 is 0 Å². The fourth-order valence-electron chi connectivity index (χ4n) is 2.69. The molecule has 6 nitrogen and oxygen atoms in total. The number of rotatable bonds is 4. The van der Waals surface area contributed by atoms with Crippen LogP contribution in [0.15, 0.2) is 34.2 Å². The second kappa shape index (κ2) is 5.49. The van der Waals surface area contributed by atoms with Gasteiger partial charge in [0.05, 0.1) is 16.2 Å². The molecule has 0 bridgehead atoms. The van der Waals surface area contributed by atoms with Crippen molar-refractivity contribution in [3.8, 4) is 0 Å². The summed E-state index contributed by atoms with van der Waals surface area (Å²) in [7, 11) is 0. The number of nitrogens with one attached hydrogen (secondary N) is 1. The minimum atomic E-state index is -0.0992. The van der Waals surface area contributed by atoms with Crippen LogP contribution in [0.5, 0.6) is 0 Å². The third-order valence-corrected chi connectivity index (χ3v) is 5.11. The number of thioether (sulfide) groups is 1. The third-order valence-electron chi connectivity index (χ3n) is 4.05. The first-order valence-electron chi connectivity index (χ1n) is 7.70. The number of aromatic amines is 1. The minimum Gasteiger partial charge on any atom is -0.309 e. The molecular formula is C16H17N5OS. The van der Waals surface area contributed by atoms with Crippen molar-refractivity contribution < 1.29 is 0 Å². The molecule has 7 heteroatoms. The van der Waals surface area contributed by atoms with Crippen molar-refractivity contribution in [1.82, 2.24) is 24.7 Å². The van der Waals surface area contributed by atoms with E-state index in [0.717, 1.165) is 16.5 Å². The van der Waals surface area contributed by atoms with E-state index in [1.165, 1.54) is 12.8 Å². The zero-order valence-corrected chi connectivity index (χ0v) is 13.8. The zero-order valence-electron chi connectivity index (χ0n) is 13.0. The molecule has 2 aromatic heterocycles. The molecule has 0 spiro atoms. The normalized spacial score (nSPS) is 15.9. The van der Waals surface area contributed by atoms with E-state index in [1.807, 2.05) is 32.0 Å². The van der Waals surface area contributed by atoms with Crippen LogP contribution in [0, 0.1) is 6.92 Å². The van der Waals surface area contributed by atoms with Gasteiger partial charge in [-0.3, -0.25) is 4.79 Å². The Morgan fingerprint density at radius 1 is 1.30 bits per heavy atom. The van der Waals surface area contributed by atoms with E-state index in [1.54, 1.807) is 17.8 Å². The van der Waals surface area contributed by atoms with Gasteiger partial charge in [-0.2, -0.15) is 0 Å². The van der Waals surface area contributed by atoms with Crippen LogP contribution in [0.3, 0.4) is 0 Å². The Bertz CT molecular complexity index is 928. The standard InChI is InChI=1S/C16H17N5OS/c1-9(23-16-20-19-10(2)21(16)11-7-8-11)14-17-13-6-4-3-5-12(13)15(22)18-14/h3-6,9,11H,7-8H2,1-2H3,(H,17,18,22). The number of H-pyrrole nitrogens is 1. The highest BCUT2D eigenvalue weighted by Crippen LogP contribution is 2.41. The van der Waals surface area contributed by atoms with Gasteiger partial charge in [-0.25, -0.2) is 4.98 Å². The molecule has 2 heterocycles. The summed E-state index contributed by atoms with van der Waals surface area (Å²) in [4.78, 5) is 19.7. The van der Waals surface area contributed by atoms with Crippen LogP contribution in [-0.4, -0.2) is 24.7 Å². The summed E-state index contributed by atoms with van der Waals surface area (Å²) in [5.41, 5.74) is 0.622. The molecular weight excluding hydrogens is 310 g/mol. The van der Waals surface area contributed by atoms with Crippen molar-refractivity contribution >= 4 is 22.7 Å². The second-order valence-electron chi connectivity index (χ2n) is 5.86. The lowest BCUT2D eigenvalue weighted by Crippen LogP contribution is -2.13. The lowest BCUT2D eigenvalue weighted by atomic mass is 10.2. The maximum Gasteiger partial charge on any atom is 0.258 e. The highest BCUT2D eigenvalue weighted by molar-refractivity contribution is 7.99. The number of fused-ring (bicyclic) bond motifs is 1. The van der Waals surface area contributed by atoms with E-state index in [0.29, 0.717) is 17.3 Å². The van der Waals surface area contributed by atoms with Gasteiger partial charge in [0.15, 0.2) is 5.16 Å². The fraction of sp³-hybridized carbons (Fsp3) is 0.375. The van der Waals surface area contributed by atoms with Crippen LogP contribution >= 0.6 is 11.8 Å². The van der Waals surface area contributed by atoms with E-state index in [-0.39, 0.29) is 10.8 Å². The summed E-state index contributed by atoms with van der Waals surface area (Å²) in [5, 5.41) is 9.98. The number of hydrogen-bond acceptors (Lipinski definition) is 5. The Labute approximate surface area is 137 Å². The molecule has 23 heavy (non-hydrogen) atoms. The molecule has 1 aliphatic rings. The summed E-state index contributed by atoms with van der Waals surface area (Å²) < 4.78 is 2.19. The molecule has 1 fully saturated rings. The van der Waals surface area contributed by atoms with Gasteiger partial charge >= 0.3 is 0 Å². The van der Waals surface area contributed by atoms with Gasteiger partial charge in [-0.1, -0.05) is 23.9 Å². The van der Waals surface area contributed by atoms with E-state index in [9.17, 15) is 4.79 Å². The van der Waals surface area contributed by atoms with Gasteiger partial charge < -0.3 is 9.55 Å². The number of aryl methyl sites for hydroxylation is 1. The van der Waals surface area contributed by atoms with Crippen LogP contribution in [-0.2, 0) is 0 Å². The summed E-state index contributed by atoms with van der Waals surface area (Å²) in [6, 6.07) is 7.92. The predicted octanol–water partition coefficient (Wildman–Crippen LogP) is 3.01. The smallest absolute Gasteiger partial charge is 0.258 e. The average molecular weight is 327 g/mol. The number of hydrogen-bond donors (Lipinski definition) is 1. The minimum absolute atomic E-state index is 0.00611. The molecule has 1 N–H and O–H groups in total. The molecule has 0 amide bonds. The molecule has 1 saturated carbocycles. The average Bonchev–Trinajstić information content (AvgIpc) is 3.31. The largest absolute Gasteiger partial charge is 0.309 e. The Morgan fingerprint density at radius 2 is 2.09 bits per heavy atom. The Hall–Kier alpha value is -2.15. The van der Waals surface area contributed by atoms with Gasteiger partial charge in [0.25, 0.3) is 5.56 Å². The number of benzene rings is 1. The van der Waals surface area contributed by atoms with Crippen LogP contribution in [0.1, 0.15) is 42.7 Å². The molecule has 1 aliphatic carbocycles. The van der Waals surface area contributed by atoms with E-state index in [4.69, 9.17) is 0 Å². The van der Waals surface area contributed by atoms with Crippen molar-refractivity contribution in [3.05, 3.63) is 46.3 Å². The number of aromatic nitrogens is 5.